The van der Waals surface area contributed by atoms with Gasteiger partial charge in [0.05, 0.1) is 27.7 Å². The van der Waals surface area contributed by atoms with E-state index < -0.39 is 32.5 Å². The van der Waals surface area contributed by atoms with Crippen molar-refractivity contribution in [1.82, 2.24) is 0 Å². The molecule has 0 fully saturated rings. The van der Waals surface area contributed by atoms with Crippen molar-refractivity contribution < 1.29 is 42.1 Å². The fourth-order valence-electron chi connectivity index (χ4n) is 6.25. The SMILES string of the molecule is CCCCCCCCCCCCCCCCCCCC/C=C/CCCC(=O)OC[C@@H](COP(=O)([O-])OCC[N+](C)(C)C)OC(=O)CCCCCCCCC. The van der Waals surface area contributed by atoms with Crippen LogP contribution in [-0.2, 0) is 32.7 Å². The van der Waals surface area contributed by atoms with E-state index in [0.717, 1.165) is 32.1 Å². The van der Waals surface area contributed by atoms with Gasteiger partial charge < -0.3 is 27.9 Å². The summed E-state index contributed by atoms with van der Waals surface area (Å²) < 4.78 is 33.7. The fourth-order valence-corrected chi connectivity index (χ4v) is 6.98. The number of carbonyl (C=O) groups excluding carboxylic acids is 2. The van der Waals surface area contributed by atoms with E-state index in [9.17, 15) is 19.0 Å². The molecule has 0 bridgehead atoms. The third-order valence-corrected chi connectivity index (χ3v) is 10.7. The summed E-state index contributed by atoms with van der Waals surface area (Å²) in [5, 5.41) is 0. The van der Waals surface area contributed by atoms with Crippen molar-refractivity contribution in [1.29, 1.82) is 0 Å². The number of nitrogens with zero attached hydrogens (tertiary/aromatic N) is 1. The number of esters is 2. The molecule has 0 aromatic rings. The van der Waals surface area contributed by atoms with Crippen molar-refractivity contribution in [2.45, 2.75) is 213 Å². The third kappa shape index (κ3) is 40.4. The summed E-state index contributed by atoms with van der Waals surface area (Å²) in [5.41, 5.74) is 0. The number of rotatable bonds is 41. The van der Waals surface area contributed by atoms with Crippen molar-refractivity contribution in [3.8, 4) is 0 Å². The highest BCUT2D eigenvalue weighted by Gasteiger charge is 2.21. The van der Waals surface area contributed by atoms with Crippen LogP contribution in [-0.4, -0.2) is 70.0 Å². The number of allylic oxidation sites excluding steroid dienone is 2. The van der Waals surface area contributed by atoms with Gasteiger partial charge in [-0.15, -0.1) is 0 Å². The number of quaternary nitrogens is 1. The molecule has 0 heterocycles. The van der Waals surface area contributed by atoms with Crippen LogP contribution < -0.4 is 4.89 Å². The number of carbonyl (C=O) groups is 2. The maximum atomic E-state index is 12.5. The average Bonchev–Trinajstić information content (AvgIpc) is 3.12. The molecule has 0 aromatic carbocycles. The van der Waals surface area contributed by atoms with Gasteiger partial charge in [-0.05, 0) is 32.1 Å². The number of ether oxygens (including phenoxy) is 2. The van der Waals surface area contributed by atoms with Gasteiger partial charge in [-0.25, -0.2) is 0 Å². The van der Waals surface area contributed by atoms with Gasteiger partial charge in [0, 0.05) is 12.8 Å². The van der Waals surface area contributed by atoms with Gasteiger partial charge in [0.15, 0.2) is 6.10 Å². The molecule has 0 saturated heterocycles. The van der Waals surface area contributed by atoms with E-state index in [1.54, 1.807) is 0 Å². The molecule has 0 radical (unpaired) electrons. The maximum Gasteiger partial charge on any atom is 0.306 e. The monoisotopic (exact) mass is 788 g/mol. The van der Waals surface area contributed by atoms with Gasteiger partial charge in [-0.3, -0.25) is 14.2 Å². The Morgan fingerprint density at radius 2 is 0.963 bits per heavy atom. The highest BCUT2D eigenvalue weighted by atomic mass is 31.2. The molecule has 0 aliphatic heterocycles. The molecule has 2 atom stereocenters. The zero-order valence-corrected chi connectivity index (χ0v) is 36.8. The minimum Gasteiger partial charge on any atom is -0.756 e. The van der Waals surface area contributed by atoms with E-state index in [-0.39, 0.29) is 26.1 Å². The number of phosphoric ester groups is 1. The Bertz CT molecular complexity index is 938. The summed E-state index contributed by atoms with van der Waals surface area (Å²) in [6, 6.07) is 0. The first-order valence-corrected chi connectivity index (χ1v) is 23.9. The smallest absolute Gasteiger partial charge is 0.306 e. The van der Waals surface area contributed by atoms with Crippen LogP contribution in [0.5, 0.6) is 0 Å². The Labute approximate surface area is 333 Å². The first-order valence-electron chi connectivity index (χ1n) is 22.4. The molecule has 320 valence electrons. The molecule has 9 nitrogen and oxygen atoms in total. The molecule has 54 heavy (non-hydrogen) atoms. The van der Waals surface area contributed by atoms with E-state index in [4.69, 9.17) is 18.5 Å². The van der Waals surface area contributed by atoms with E-state index in [1.165, 1.54) is 135 Å². The predicted molar refractivity (Wildman–Crippen MR) is 222 cm³/mol. The molecule has 0 rings (SSSR count). The minimum atomic E-state index is -4.62. The number of phosphoric acid groups is 1. The lowest BCUT2D eigenvalue weighted by atomic mass is 10.0. The summed E-state index contributed by atoms with van der Waals surface area (Å²) in [6.07, 6.45) is 38.6. The zero-order chi connectivity index (χ0) is 40.0. The molecule has 10 heteroatoms. The van der Waals surface area contributed by atoms with Crippen LogP contribution in [0.2, 0.25) is 0 Å². The fraction of sp³-hybridized carbons (Fsp3) is 0.909. The first kappa shape index (κ1) is 52.8. The van der Waals surface area contributed by atoms with Crippen molar-refractivity contribution in [3.05, 3.63) is 12.2 Å². The van der Waals surface area contributed by atoms with Crippen LogP contribution in [0.3, 0.4) is 0 Å². The molecule has 0 aliphatic carbocycles. The molecule has 0 spiro atoms. The quantitative estimate of drug-likeness (QED) is 0.0198. The summed E-state index contributed by atoms with van der Waals surface area (Å²) >= 11 is 0. The molecule has 0 aliphatic rings. The van der Waals surface area contributed by atoms with Crippen molar-refractivity contribution in [2.75, 3.05) is 47.5 Å². The zero-order valence-electron chi connectivity index (χ0n) is 35.9. The lowest BCUT2D eigenvalue weighted by Crippen LogP contribution is -2.37. The van der Waals surface area contributed by atoms with Crippen LogP contribution in [0, 0.1) is 0 Å². The number of likely N-dealkylation sites (N-methyl/N-ethyl adjacent to an activating group) is 1. The van der Waals surface area contributed by atoms with Crippen molar-refractivity contribution in [3.63, 3.8) is 0 Å². The largest absolute Gasteiger partial charge is 0.756 e. The molecule has 0 aromatic heterocycles. The highest BCUT2D eigenvalue weighted by molar-refractivity contribution is 7.45. The molecule has 1 unspecified atom stereocenters. The second-order valence-corrected chi connectivity index (χ2v) is 17.8. The minimum absolute atomic E-state index is 0.0318. The lowest BCUT2D eigenvalue weighted by molar-refractivity contribution is -0.870. The van der Waals surface area contributed by atoms with Crippen molar-refractivity contribution >= 4 is 19.8 Å². The Balaban J connectivity index is 4.11. The van der Waals surface area contributed by atoms with Gasteiger partial charge >= 0.3 is 11.9 Å². The summed E-state index contributed by atoms with van der Waals surface area (Å²) in [4.78, 5) is 37.3. The van der Waals surface area contributed by atoms with Crippen LogP contribution in [0.4, 0.5) is 0 Å². The normalized spacial score (nSPS) is 13.7. The number of hydrogen-bond acceptors (Lipinski definition) is 8. The topological polar surface area (TPSA) is 111 Å². The number of hydrogen-bond donors (Lipinski definition) is 0. The predicted octanol–water partition coefficient (Wildman–Crippen LogP) is 11.9. The Hall–Kier alpha value is -1.25. The van der Waals surface area contributed by atoms with Crippen LogP contribution in [0.25, 0.3) is 0 Å². The van der Waals surface area contributed by atoms with Crippen molar-refractivity contribution in [2.24, 2.45) is 0 Å². The van der Waals surface area contributed by atoms with E-state index in [2.05, 4.69) is 26.0 Å². The van der Waals surface area contributed by atoms with E-state index in [0.29, 0.717) is 23.9 Å². The second kappa shape index (κ2) is 37.3. The first-order chi connectivity index (χ1) is 26.0. The van der Waals surface area contributed by atoms with Gasteiger partial charge in [0.1, 0.15) is 19.8 Å². The standard InChI is InChI=1S/C44H86NO8P/c1-6-8-10-12-14-15-16-17-18-19-20-21-22-23-24-25-26-27-28-29-31-32-34-36-43(46)50-40-42(41-52-54(48,49)51-39-38-45(3,4)5)53-44(47)37-35-33-30-13-11-9-7-2/h29,31,42H,6-28,30,32-41H2,1-5H3/b31-29+/t42-/m0/s1. The lowest BCUT2D eigenvalue weighted by Gasteiger charge is -2.28. The molecule has 0 amide bonds. The maximum absolute atomic E-state index is 12.5. The van der Waals surface area contributed by atoms with Crippen LogP contribution in [0.15, 0.2) is 12.2 Å². The highest BCUT2D eigenvalue weighted by Crippen LogP contribution is 2.38. The van der Waals surface area contributed by atoms with Crippen LogP contribution >= 0.6 is 7.82 Å². The van der Waals surface area contributed by atoms with Gasteiger partial charge in [-0.1, -0.05) is 174 Å². The summed E-state index contributed by atoms with van der Waals surface area (Å²) in [6.45, 7) is 4.16. The molecule has 0 N–H and O–H groups in total. The average molecular weight is 788 g/mol. The Kier molecular flexibility index (Phi) is 36.5. The Morgan fingerprint density at radius 3 is 1.43 bits per heavy atom. The van der Waals surface area contributed by atoms with Gasteiger partial charge in [0.2, 0.25) is 0 Å². The third-order valence-electron chi connectivity index (χ3n) is 9.79. The summed E-state index contributed by atoms with van der Waals surface area (Å²) in [7, 11) is 1.16. The van der Waals surface area contributed by atoms with Gasteiger partial charge in [0.25, 0.3) is 7.82 Å². The van der Waals surface area contributed by atoms with Crippen LogP contribution in [0.1, 0.15) is 206 Å². The molecular formula is C44H86NO8P. The Morgan fingerprint density at radius 1 is 0.556 bits per heavy atom. The number of unbranched alkanes of at least 4 members (excludes halogenated alkanes) is 25. The molecular weight excluding hydrogens is 701 g/mol. The second-order valence-electron chi connectivity index (χ2n) is 16.4. The van der Waals surface area contributed by atoms with Gasteiger partial charge in [-0.2, -0.15) is 0 Å². The summed E-state index contributed by atoms with van der Waals surface area (Å²) in [5.74, 6) is -0.871. The van der Waals surface area contributed by atoms with E-state index in [1.807, 2.05) is 21.1 Å². The molecule has 0 saturated carbocycles. The van der Waals surface area contributed by atoms with E-state index >= 15 is 0 Å².